The van der Waals surface area contributed by atoms with Gasteiger partial charge in [-0.3, -0.25) is 4.79 Å². The van der Waals surface area contributed by atoms with Gasteiger partial charge in [-0.2, -0.15) is 0 Å². The van der Waals surface area contributed by atoms with Crippen molar-refractivity contribution in [3.05, 3.63) is 28.8 Å². The molecule has 0 aliphatic rings. The molecular formula is C15H22N2O5. The number of rotatable bonds is 6. The molecule has 7 nitrogen and oxygen atoms in total. The van der Waals surface area contributed by atoms with Crippen molar-refractivity contribution in [2.24, 2.45) is 0 Å². The van der Waals surface area contributed by atoms with Crippen molar-refractivity contribution in [3.8, 4) is 0 Å². The van der Waals surface area contributed by atoms with E-state index in [1.54, 1.807) is 6.92 Å². The van der Waals surface area contributed by atoms with Gasteiger partial charge in [-0.25, -0.2) is 4.79 Å². The highest BCUT2D eigenvalue weighted by Crippen LogP contribution is 2.26. The Kier molecular flexibility index (Phi) is 6.33. The van der Waals surface area contributed by atoms with Gasteiger partial charge in [0.25, 0.3) is 0 Å². The summed E-state index contributed by atoms with van der Waals surface area (Å²) in [5.74, 6) is -0.778. The first-order valence-corrected chi connectivity index (χ1v) is 6.86. The van der Waals surface area contributed by atoms with Crippen LogP contribution >= 0.6 is 0 Å². The Balaban J connectivity index is 2.93. The number of esters is 1. The number of carbonyl (C=O) groups is 2. The van der Waals surface area contributed by atoms with Crippen LogP contribution < -0.4 is 11.1 Å². The number of hydrogen-bond donors (Lipinski definition) is 4. The smallest absolute Gasteiger partial charge is 0.338 e. The number of hydrogen-bond acceptors (Lipinski definition) is 6. The number of methoxy groups -OCH3 is 1. The van der Waals surface area contributed by atoms with Crippen LogP contribution in [-0.2, 0) is 9.53 Å². The number of carbonyl (C=O) groups excluding carboxylic acids is 2. The maximum Gasteiger partial charge on any atom is 0.338 e. The van der Waals surface area contributed by atoms with E-state index in [1.165, 1.54) is 26.2 Å². The van der Waals surface area contributed by atoms with Crippen LogP contribution in [0.2, 0.25) is 0 Å². The Hall–Kier alpha value is -2.12. The summed E-state index contributed by atoms with van der Waals surface area (Å²) in [5, 5.41) is 22.7. The lowest BCUT2D eigenvalue weighted by Crippen LogP contribution is -2.27. The van der Waals surface area contributed by atoms with E-state index in [0.29, 0.717) is 16.8 Å². The third-order valence-electron chi connectivity index (χ3n) is 3.40. The third kappa shape index (κ3) is 4.44. The number of aliphatic hydroxyl groups is 2. The van der Waals surface area contributed by atoms with E-state index in [0.717, 1.165) is 0 Å². The Labute approximate surface area is 129 Å². The maximum atomic E-state index is 11.7. The average molecular weight is 310 g/mol. The molecule has 22 heavy (non-hydrogen) atoms. The molecule has 1 aromatic carbocycles. The predicted octanol–water partition coefficient (Wildman–Crippen LogP) is 0.284. The Bertz CT molecular complexity index is 559. The Morgan fingerprint density at radius 3 is 2.55 bits per heavy atom. The zero-order valence-corrected chi connectivity index (χ0v) is 12.9. The summed E-state index contributed by atoms with van der Waals surface area (Å²) in [6, 6.07) is 2.96. The molecule has 0 spiro atoms. The van der Waals surface area contributed by atoms with E-state index in [1.807, 2.05) is 0 Å². The molecule has 0 aromatic heterocycles. The van der Waals surface area contributed by atoms with E-state index in [2.05, 4.69) is 10.1 Å². The fourth-order valence-corrected chi connectivity index (χ4v) is 2.03. The highest BCUT2D eigenvalue weighted by molar-refractivity contribution is 5.92. The molecule has 5 N–H and O–H groups in total. The SMILES string of the molecule is COC(=O)c1cc(C(O)C(O)CCNC(C)=O)cc(N)c1C. The zero-order valence-electron chi connectivity index (χ0n) is 12.9. The molecule has 0 aliphatic carbocycles. The van der Waals surface area contributed by atoms with E-state index in [-0.39, 0.29) is 24.4 Å². The van der Waals surface area contributed by atoms with Crippen LogP contribution in [0, 0.1) is 6.92 Å². The molecule has 1 aromatic rings. The van der Waals surface area contributed by atoms with Gasteiger partial charge in [-0.15, -0.1) is 0 Å². The maximum absolute atomic E-state index is 11.7. The minimum absolute atomic E-state index is 0.169. The molecule has 0 bridgehead atoms. The molecule has 1 amide bonds. The normalized spacial score (nSPS) is 13.3. The molecule has 0 saturated heterocycles. The average Bonchev–Trinajstić information content (AvgIpc) is 2.47. The molecular weight excluding hydrogens is 288 g/mol. The molecule has 0 heterocycles. The van der Waals surface area contributed by atoms with Gasteiger partial charge < -0.3 is 26.0 Å². The number of amides is 1. The largest absolute Gasteiger partial charge is 0.465 e. The molecule has 7 heteroatoms. The summed E-state index contributed by atoms with van der Waals surface area (Å²) in [6.45, 7) is 3.27. The summed E-state index contributed by atoms with van der Waals surface area (Å²) < 4.78 is 4.67. The molecule has 2 unspecified atom stereocenters. The monoisotopic (exact) mass is 310 g/mol. The number of aliphatic hydroxyl groups excluding tert-OH is 2. The van der Waals surface area contributed by atoms with Crippen molar-refractivity contribution in [3.63, 3.8) is 0 Å². The fraction of sp³-hybridized carbons (Fsp3) is 0.467. The minimum atomic E-state index is -1.22. The standard InChI is InChI=1S/C15H22N2O5/c1-8-11(15(21)22-3)6-10(7-12(8)16)14(20)13(19)4-5-17-9(2)18/h6-7,13-14,19-20H,4-5,16H2,1-3H3,(H,17,18). The molecule has 1 rings (SSSR count). The van der Waals surface area contributed by atoms with Crippen LogP contribution in [0.15, 0.2) is 12.1 Å². The first-order valence-electron chi connectivity index (χ1n) is 6.86. The number of nitrogen functional groups attached to an aromatic ring is 1. The van der Waals surface area contributed by atoms with Crippen molar-refractivity contribution in [2.75, 3.05) is 19.4 Å². The second-order valence-electron chi connectivity index (χ2n) is 5.06. The summed E-state index contributed by atoms with van der Waals surface area (Å²) in [4.78, 5) is 22.5. The lowest BCUT2D eigenvalue weighted by molar-refractivity contribution is -0.119. The van der Waals surface area contributed by atoms with E-state index in [9.17, 15) is 19.8 Å². The van der Waals surface area contributed by atoms with Gasteiger partial charge >= 0.3 is 5.97 Å². The quantitative estimate of drug-likeness (QED) is 0.442. The van der Waals surface area contributed by atoms with Gasteiger partial charge in [0.15, 0.2) is 0 Å². The molecule has 0 radical (unpaired) electrons. The highest BCUT2D eigenvalue weighted by Gasteiger charge is 2.22. The summed E-state index contributed by atoms with van der Waals surface area (Å²) >= 11 is 0. The van der Waals surface area contributed by atoms with E-state index < -0.39 is 18.2 Å². The van der Waals surface area contributed by atoms with Gasteiger partial charge in [0, 0.05) is 19.2 Å². The number of ether oxygens (including phenoxy) is 1. The van der Waals surface area contributed by atoms with Gasteiger partial charge in [0.2, 0.25) is 5.91 Å². The lowest BCUT2D eigenvalue weighted by Gasteiger charge is -2.20. The first-order chi connectivity index (χ1) is 10.3. The fourth-order valence-electron chi connectivity index (χ4n) is 2.03. The minimum Gasteiger partial charge on any atom is -0.465 e. The second-order valence-corrected chi connectivity index (χ2v) is 5.06. The zero-order chi connectivity index (χ0) is 16.9. The molecule has 0 fully saturated rings. The Morgan fingerprint density at radius 2 is 2.00 bits per heavy atom. The number of nitrogens with two attached hydrogens (primary N) is 1. The van der Waals surface area contributed by atoms with Gasteiger partial charge in [-0.05, 0) is 36.6 Å². The topological polar surface area (TPSA) is 122 Å². The van der Waals surface area contributed by atoms with Gasteiger partial charge in [0.05, 0.1) is 18.8 Å². The second kappa shape index (κ2) is 7.77. The van der Waals surface area contributed by atoms with Gasteiger partial charge in [-0.1, -0.05) is 0 Å². The summed E-state index contributed by atoms with van der Waals surface area (Å²) in [5.41, 5.74) is 7.27. The summed E-state index contributed by atoms with van der Waals surface area (Å²) in [6.07, 6.45) is -2.15. The van der Waals surface area contributed by atoms with Crippen LogP contribution in [0.25, 0.3) is 0 Å². The van der Waals surface area contributed by atoms with Crippen molar-refractivity contribution < 1.29 is 24.5 Å². The summed E-state index contributed by atoms with van der Waals surface area (Å²) in [7, 11) is 1.25. The van der Waals surface area contributed by atoms with Crippen molar-refractivity contribution in [1.82, 2.24) is 5.32 Å². The third-order valence-corrected chi connectivity index (χ3v) is 3.40. The molecule has 2 atom stereocenters. The first kappa shape index (κ1) is 17.9. The number of benzene rings is 1. The van der Waals surface area contributed by atoms with Crippen molar-refractivity contribution in [2.45, 2.75) is 32.5 Å². The predicted molar refractivity (Wildman–Crippen MR) is 81.2 cm³/mol. The van der Waals surface area contributed by atoms with Crippen LogP contribution in [0.3, 0.4) is 0 Å². The van der Waals surface area contributed by atoms with Gasteiger partial charge in [0.1, 0.15) is 6.10 Å². The molecule has 0 aliphatic heterocycles. The molecule has 0 saturated carbocycles. The van der Waals surface area contributed by atoms with Crippen LogP contribution in [-0.4, -0.2) is 41.8 Å². The van der Waals surface area contributed by atoms with Crippen LogP contribution in [0.1, 0.15) is 40.9 Å². The van der Waals surface area contributed by atoms with Crippen LogP contribution in [0.5, 0.6) is 0 Å². The van der Waals surface area contributed by atoms with E-state index in [4.69, 9.17) is 5.73 Å². The van der Waals surface area contributed by atoms with Crippen molar-refractivity contribution in [1.29, 1.82) is 0 Å². The highest BCUT2D eigenvalue weighted by atomic mass is 16.5. The Morgan fingerprint density at radius 1 is 1.36 bits per heavy atom. The number of anilines is 1. The lowest BCUT2D eigenvalue weighted by atomic mass is 9.96. The van der Waals surface area contributed by atoms with E-state index >= 15 is 0 Å². The van der Waals surface area contributed by atoms with Crippen molar-refractivity contribution >= 4 is 17.6 Å². The molecule has 122 valence electrons. The van der Waals surface area contributed by atoms with Crippen LogP contribution in [0.4, 0.5) is 5.69 Å². The number of nitrogens with one attached hydrogen (secondary N) is 1.